The maximum absolute atomic E-state index is 7.43. The standard InChI is InChI=1S/C66H64BN3O/c1-63(2,3)44-30-33-48(34-31-44)69-56-42-53-52(65(7,8)36-37-66(53,9)10)41-54(56)67-60-50-28-20-21-29-59(50)71-62(60)70(55-35-32-45(64(4,5)6)38-51(55)43-22-14-11-15-23-43)58-40-49(39-57(69)61(58)67)68(46-24-16-12-17-25-46)47-26-18-13-19-27-47/h11-35,38-42H,36-37H2,1-10H3. The molecule has 0 saturated heterocycles. The third kappa shape index (κ3) is 7.33. The summed E-state index contributed by atoms with van der Waals surface area (Å²) in [5.41, 5.74) is 21.4. The second-order valence-electron chi connectivity index (χ2n) is 23.7. The van der Waals surface area contributed by atoms with Gasteiger partial charge in [-0.1, -0.05) is 178 Å². The van der Waals surface area contributed by atoms with E-state index < -0.39 is 0 Å². The smallest absolute Gasteiger partial charge is 0.257 e. The highest BCUT2D eigenvalue weighted by Crippen LogP contribution is 2.53. The molecule has 0 atom stereocenters. The number of para-hydroxylation sites is 3. The molecule has 352 valence electrons. The lowest BCUT2D eigenvalue weighted by molar-refractivity contribution is 0.332. The zero-order valence-corrected chi connectivity index (χ0v) is 43.1. The molecule has 0 saturated carbocycles. The van der Waals surface area contributed by atoms with Crippen molar-refractivity contribution in [3.8, 4) is 11.1 Å². The lowest BCUT2D eigenvalue weighted by Crippen LogP contribution is -2.61. The zero-order valence-electron chi connectivity index (χ0n) is 43.1. The Morgan fingerprint density at radius 2 is 1.01 bits per heavy atom. The lowest BCUT2D eigenvalue weighted by atomic mass is 9.33. The molecular weight excluding hydrogens is 862 g/mol. The van der Waals surface area contributed by atoms with Gasteiger partial charge in [0.15, 0.2) is 0 Å². The Morgan fingerprint density at radius 3 is 1.62 bits per heavy atom. The summed E-state index contributed by atoms with van der Waals surface area (Å²) in [5.74, 6) is 0.865. The summed E-state index contributed by atoms with van der Waals surface area (Å²) >= 11 is 0. The van der Waals surface area contributed by atoms with Crippen molar-refractivity contribution < 1.29 is 4.42 Å². The second kappa shape index (κ2) is 16.1. The molecule has 1 aromatic heterocycles. The molecule has 0 spiro atoms. The van der Waals surface area contributed by atoms with Gasteiger partial charge >= 0.3 is 0 Å². The van der Waals surface area contributed by atoms with Gasteiger partial charge in [0, 0.05) is 50.5 Å². The van der Waals surface area contributed by atoms with E-state index in [0.717, 1.165) is 80.6 Å². The van der Waals surface area contributed by atoms with Crippen molar-refractivity contribution in [2.45, 2.75) is 104 Å². The Balaban J connectivity index is 1.26. The van der Waals surface area contributed by atoms with Crippen LogP contribution in [-0.4, -0.2) is 6.71 Å². The van der Waals surface area contributed by atoms with Crippen molar-refractivity contribution in [2.75, 3.05) is 14.7 Å². The average molecular weight is 926 g/mol. The molecule has 0 bridgehead atoms. The highest BCUT2D eigenvalue weighted by atomic mass is 16.4. The summed E-state index contributed by atoms with van der Waals surface area (Å²) in [5, 5.41) is 1.15. The summed E-state index contributed by atoms with van der Waals surface area (Å²) < 4.78 is 7.43. The third-order valence-corrected chi connectivity index (χ3v) is 16.0. The molecule has 4 nitrogen and oxygen atoms in total. The first-order chi connectivity index (χ1) is 34.0. The lowest BCUT2D eigenvalue weighted by Gasteiger charge is -2.47. The fraction of sp³-hybridized carbons (Fsp3) is 0.242. The van der Waals surface area contributed by atoms with Gasteiger partial charge in [-0.2, -0.15) is 0 Å². The summed E-state index contributed by atoms with van der Waals surface area (Å²) in [6.07, 6.45) is 2.27. The molecule has 3 aliphatic rings. The molecule has 3 heterocycles. The van der Waals surface area contributed by atoms with Gasteiger partial charge in [0.25, 0.3) is 6.71 Å². The van der Waals surface area contributed by atoms with Crippen LogP contribution in [0.25, 0.3) is 22.1 Å². The van der Waals surface area contributed by atoms with Gasteiger partial charge in [-0.3, -0.25) is 4.90 Å². The van der Waals surface area contributed by atoms with E-state index in [1.807, 2.05) is 0 Å². The molecule has 9 aromatic rings. The largest absolute Gasteiger partial charge is 0.440 e. The van der Waals surface area contributed by atoms with Crippen LogP contribution in [0.2, 0.25) is 0 Å². The minimum Gasteiger partial charge on any atom is -0.440 e. The van der Waals surface area contributed by atoms with Gasteiger partial charge in [0.05, 0.1) is 11.4 Å². The van der Waals surface area contributed by atoms with Crippen LogP contribution < -0.4 is 31.1 Å². The van der Waals surface area contributed by atoms with Crippen molar-refractivity contribution in [2.24, 2.45) is 0 Å². The Labute approximate surface area is 421 Å². The Hall–Kier alpha value is -7.24. The minimum absolute atomic E-state index is 0.000709. The third-order valence-electron chi connectivity index (χ3n) is 16.0. The van der Waals surface area contributed by atoms with E-state index in [-0.39, 0.29) is 28.4 Å². The number of anilines is 9. The number of furan rings is 1. The highest BCUT2D eigenvalue weighted by molar-refractivity contribution is 7.01. The monoisotopic (exact) mass is 926 g/mol. The first-order valence-electron chi connectivity index (χ1n) is 25.7. The molecular formula is C66H64BN3O. The van der Waals surface area contributed by atoms with Crippen molar-refractivity contribution >= 4 is 85.5 Å². The van der Waals surface area contributed by atoms with Gasteiger partial charge in [0.1, 0.15) is 5.58 Å². The van der Waals surface area contributed by atoms with Crippen LogP contribution in [0.5, 0.6) is 0 Å². The molecule has 0 amide bonds. The maximum atomic E-state index is 7.43. The molecule has 0 fully saturated rings. The zero-order chi connectivity index (χ0) is 49.2. The van der Waals surface area contributed by atoms with Crippen LogP contribution in [-0.2, 0) is 21.7 Å². The SMILES string of the molecule is CC(C)(C)c1ccc(N2c3cc4c(cc3B3c5c2cc(N(c2ccccc2)c2ccccc2)cc5N(c2ccc(C(C)(C)C)cc2-c2ccccc2)c2oc5ccccc5c23)C(C)(C)CCC4(C)C)cc1. The number of hydrogen-bond acceptors (Lipinski definition) is 4. The number of rotatable bonds is 6. The fourth-order valence-electron chi connectivity index (χ4n) is 11.9. The van der Waals surface area contributed by atoms with E-state index in [4.69, 9.17) is 4.42 Å². The van der Waals surface area contributed by atoms with Crippen molar-refractivity contribution in [3.05, 3.63) is 204 Å². The van der Waals surface area contributed by atoms with Gasteiger partial charge in [-0.05, 0) is 146 Å². The maximum Gasteiger partial charge on any atom is 0.257 e. The predicted octanol–water partition coefficient (Wildman–Crippen LogP) is 16.6. The van der Waals surface area contributed by atoms with E-state index >= 15 is 0 Å². The first kappa shape index (κ1) is 44.9. The molecule has 8 aromatic carbocycles. The fourth-order valence-corrected chi connectivity index (χ4v) is 11.9. The van der Waals surface area contributed by atoms with Crippen molar-refractivity contribution in [1.82, 2.24) is 0 Å². The number of benzene rings is 8. The van der Waals surface area contributed by atoms with E-state index in [2.05, 4.69) is 266 Å². The molecule has 5 heteroatoms. The topological polar surface area (TPSA) is 22.9 Å². The summed E-state index contributed by atoms with van der Waals surface area (Å²) in [6, 6.07) is 68.0. The number of nitrogens with zero attached hydrogens (tertiary/aromatic N) is 3. The quantitative estimate of drug-likeness (QED) is 0.155. The van der Waals surface area contributed by atoms with Crippen LogP contribution in [0.3, 0.4) is 0 Å². The molecule has 0 N–H and O–H groups in total. The summed E-state index contributed by atoms with van der Waals surface area (Å²) in [4.78, 5) is 7.52. The van der Waals surface area contributed by atoms with Gasteiger partial charge in [-0.15, -0.1) is 0 Å². The predicted molar refractivity (Wildman–Crippen MR) is 303 cm³/mol. The summed E-state index contributed by atoms with van der Waals surface area (Å²) in [6.45, 7) is 23.5. The van der Waals surface area contributed by atoms with Gasteiger partial charge in [-0.25, -0.2) is 0 Å². The van der Waals surface area contributed by atoms with Crippen molar-refractivity contribution in [3.63, 3.8) is 0 Å². The Morgan fingerprint density at radius 1 is 0.479 bits per heavy atom. The average Bonchev–Trinajstić information content (AvgIpc) is 3.74. The molecule has 2 aliphatic heterocycles. The van der Waals surface area contributed by atoms with E-state index in [1.165, 1.54) is 44.3 Å². The van der Waals surface area contributed by atoms with Gasteiger partial charge in [0.2, 0.25) is 5.88 Å². The van der Waals surface area contributed by atoms with Crippen LogP contribution >= 0.6 is 0 Å². The van der Waals surface area contributed by atoms with E-state index in [9.17, 15) is 0 Å². The highest BCUT2D eigenvalue weighted by Gasteiger charge is 2.49. The van der Waals surface area contributed by atoms with Crippen LogP contribution in [0.15, 0.2) is 186 Å². The van der Waals surface area contributed by atoms with Crippen molar-refractivity contribution in [1.29, 1.82) is 0 Å². The Bertz CT molecular complexity index is 3460. The Kier molecular flexibility index (Phi) is 10.2. The van der Waals surface area contributed by atoms with Gasteiger partial charge < -0.3 is 14.2 Å². The van der Waals surface area contributed by atoms with E-state index in [0.29, 0.717) is 0 Å². The van der Waals surface area contributed by atoms with Crippen LogP contribution in [0, 0.1) is 0 Å². The first-order valence-corrected chi connectivity index (χ1v) is 25.7. The molecule has 0 unspecified atom stereocenters. The normalized spacial score (nSPS) is 15.5. The van der Waals surface area contributed by atoms with Crippen LogP contribution in [0.1, 0.15) is 104 Å². The molecule has 1 aliphatic carbocycles. The molecule has 12 rings (SSSR count). The van der Waals surface area contributed by atoms with E-state index in [1.54, 1.807) is 0 Å². The number of fused-ring (bicyclic) bond motifs is 7. The second-order valence-corrected chi connectivity index (χ2v) is 23.7. The molecule has 0 radical (unpaired) electrons. The number of hydrogen-bond donors (Lipinski definition) is 0. The summed E-state index contributed by atoms with van der Waals surface area (Å²) in [7, 11) is 0. The van der Waals surface area contributed by atoms with Crippen LogP contribution in [0.4, 0.5) is 51.4 Å². The minimum atomic E-state index is -0.133. The molecule has 71 heavy (non-hydrogen) atoms.